The second kappa shape index (κ2) is 7.50. The van der Waals surface area contributed by atoms with Crippen LogP contribution < -0.4 is 5.32 Å². The van der Waals surface area contributed by atoms with Crippen molar-refractivity contribution in [3.63, 3.8) is 0 Å². The first-order chi connectivity index (χ1) is 12.3. The molecule has 0 aliphatic heterocycles. The second-order valence-corrected chi connectivity index (χ2v) is 8.48. The summed E-state index contributed by atoms with van der Waals surface area (Å²) in [5.74, 6) is -0.00580. The molecule has 1 fully saturated rings. The van der Waals surface area contributed by atoms with Crippen LogP contribution in [0.5, 0.6) is 0 Å². The number of carbonyl (C=O) groups excluding carboxylic acids is 2. The summed E-state index contributed by atoms with van der Waals surface area (Å²) in [5.41, 5.74) is 0.556. The Labute approximate surface area is 158 Å². The second-order valence-electron chi connectivity index (χ2n) is 7.45. The van der Waals surface area contributed by atoms with Crippen LogP contribution in [0.3, 0.4) is 0 Å². The van der Waals surface area contributed by atoms with E-state index in [1.54, 1.807) is 35.6 Å². The topological polar surface area (TPSA) is 58.6 Å². The van der Waals surface area contributed by atoms with E-state index in [1.807, 2.05) is 43.2 Å². The van der Waals surface area contributed by atoms with E-state index < -0.39 is 11.7 Å². The number of thiophene rings is 1. The summed E-state index contributed by atoms with van der Waals surface area (Å²) in [7, 11) is 0. The predicted octanol–water partition coefficient (Wildman–Crippen LogP) is 4.90. The number of rotatable bonds is 5. The average Bonchev–Trinajstić information content (AvgIpc) is 3.26. The van der Waals surface area contributed by atoms with Crippen molar-refractivity contribution in [1.82, 2.24) is 4.90 Å². The van der Waals surface area contributed by atoms with E-state index in [4.69, 9.17) is 4.74 Å². The van der Waals surface area contributed by atoms with E-state index in [-0.39, 0.29) is 5.91 Å². The predicted molar refractivity (Wildman–Crippen MR) is 104 cm³/mol. The third-order valence-corrected chi connectivity index (χ3v) is 4.77. The Morgan fingerprint density at radius 2 is 2.00 bits per heavy atom. The molecule has 26 heavy (non-hydrogen) atoms. The van der Waals surface area contributed by atoms with Crippen LogP contribution in [0.25, 0.3) is 0 Å². The Bertz CT molecular complexity index is 777. The van der Waals surface area contributed by atoms with E-state index in [1.165, 1.54) is 4.88 Å². The largest absolute Gasteiger partial charge is 0.444 e. The third kappa shape index (κ3) is 5.08. The van der Waals surface area contributed by atoms with E-state index >= 15 is 0 Å². The molecule has 1 N–H and O–H groups in total. The minimum atomic E-state index is -0.568. The Kier molecular flexibility index (Phi) is 5.32. The molecule has 1 aromatic heterocycles. The van der Waals surface area contributed by atoms with E-state index in [0.29, 0.717) is 23.8 Å². The van der Waals surface area contributed by atoms with Gasteiger partial charge in [-0.2, -0.15) is 0 Å². The number of carbonyl (C=O) groups is 2. The van der Waals surface area contributed by atoms with Gasteiger partial charge in [-0.05, 0) is 63.3 Å². The minimum absolute atomic E-state index is 0.00580. The fourth-order valence-corrected chi connectivity index (χ4v) is 3.34. The minimum Gasteiger partial charge on any atom is -0.444 e. The van der Waals surface area contributed by atoms with Gasteiger partial charge in [0.2, 0.25) is 0 Å². The van der Waals surface area contributed by atoms with E-state index in [2.05, 4.69) is 5.32 Å². The van der Waals surface area contributed by atoms with Crippen molar-refractivity contribution in [2.24, 2.45) is 0 Å². The molecule has 0 bridgehead atoms. The summed E-state index contributed by atoms with van der Waals surface area (Å²) in [6.07, 6.45) is 1.57. The van der Waals surface area contributed by atoms with Gasteiger partial charge in [0.15, 0.2) is 0 Å². The molecule has 2 aromatic rings. The zero-order chi connectivity index (χ0) is 18.7. The molecule has 1 heterocycles. The summed E-state index contributed by atoms with van der Waals surface area (Å²) in [5, 5.41) is 4.72. The lowest BCUT2D eigenvalue weighted by Gasteiger charge is -2.22. The number of hydrogen-bond donors (Lipinski definition) is 1. The van der Waals surface area contributed by atoms with Crippen molar-refractivity contribution >= 4 is 29.0 Å². The molecule has 5 nitrogen and oxygen atoms in total. The maximum absolute atomic E-state index is 13.0. The molecule has 0 saturated heterocycles. The van der Waals surface area contributed by atoms with Crippen LogP contribution in [0.4, 0.5) is 10.5 Å². The number of hydrogen-bond acceptors (Lipinski definition) is 4. The highest BCUT2D eigenvalue weighted by molar-refractivity contribution is 7.09. The molecular weight excluding hydrogens is 348 g/mol. The van der Waals surface area contributed by atoms with Crippen LogP contribution >= 0.6 is 11.3 Å². The molecule has 0 spiro atoms. The quantitative estimate of drug-likeness (QED) is 0.812. The van der Waals surface area contributed by atoms with Crippen molar-refractivity contribution in [2.75, 3.05) is 5.32 Å². The highest BCUT2D eigenvalue weighted by atomic mass is 32.1. The van der Waals surface area contributed by atoms with Gasteiger partial charge in [0.25, 0.3) is 5.91 Å². The zero-order valence-electron chi connectivity index (χ0n) is 15.3. The number of ether oxygens (including phenoxy) is 1. The summed E-state index contributed by atoms with van der Waals surface area (Å²) < 4.78 is 5.26. The van der Waals surface area contributed by atoms with Gasteiger partial charge in [-0.25, -0.2) is 4.79 Å². The number of benzene rings is 1. The first-order valence-electron chi connectivity index (χ1n) is 8.75. The normalized spacial score (nSPS) is 14.0. The molecule has 2 amide bonds. The van der Waals surface area contributed by atoms with Crippen LogP contribution in [-0.4, -0.2) is 28.5 Å². The number of nitrogens with one attached hydrogen (secondary N) is 1. The van der Waals surface area contributed by atoms with Crippen LogP contribution in [0.2, 0.25) is 0 Å². The van der Waals surface area contributed by atoms with Gasteiger partial charge in [-0.15, -0.1) is 11.3 Å². The van der Waals surface area contributed by atoms with Gasteiger partial charge in [0, 0.05) is 22.2 Å². The monoisotopic (exact) mass is 372 g/mol. The molecule has 0 unspecified atom stereocenters. The summed E-state index contributed by atoms with van der Waals surface area (Å²) in [6.45, 7) is 6.06. The van der Waals surface area contributed by atoms with Crippen LogP contribution in [0.1, 0.15) is 48.8 Å². The fraction of sp³-hybridized carbons (Fsp3) is 0.400. The zero-order valence-corrected chi connectivity index (χ0v) is 16.1. The van der Waals surface area contributed by atoms with Crippen molar-refractivity contribution in [2.45, 2.75) is 51.8 Å². The Morgan fingerprint density at radius 1 is 1.23 bits per heavy atom. The lowest BCUT2D eigenvalue weighted by molar-refractivity contribution is 0.0634. The number of amides is 2. The summed E-state index contributed by atoms with van der Waals surface area (Å²) in [4.78, 5) is 28.1. The van der Waals surface area contributed by atoms with Crippen LogP contribution in [0.15, 0.2) is 41.8 Å². The Balaban J connectivity index is 1.71. The number of anilines is 1. The fourth-order valence-electron chi connectivity index (χ4n) is 2.64. The maximum atomic E-state index is 13.0. The Hall–Kier alpha value is -2.34. The SMILES string of the molecule is CC(C)(C)OC(=O)Nc1cccc(C(=O)N(Cc2cccs2)C2CC2)c1. The maximum Gasteiger partial charge on any atom is 0.412 e. The standard InChI is InChI=1S/C20H24N2O3S/c1-20(2,3)25-19(24)21-15-7-4-6-14(12-15)18(23)22(16-9-10-16)13-17-8-5-11-26-17/h4-8,11-12,16H,9-10,13H2,1-3H3,(H,21,24). The van der Waals surface area contributed by atoms with Gasteiger partial charge in [-0.3, -0.25) is 10.1 Å². The molecule has 6 heteroatoms. The van der Waals surface area contributed by atoms with Gasteiger partial charge in [0.05, 0.1) is 6.54 Å². The van der Waals surface area contributed by atoms with Gasteiger partial charge < -0.3 is 9.64 Å². The molecule has 0 atom stereocenters. The van der Waals surface area contributed by atoms with Crippen molar-refractivity contribution < 1.29 is 14.3 Å². The molecule has 1 aliphatic rings. The molecule has 0 radical (unpaired) electrons. The average molecular weight is 372 g/mol. The third-order valence-electron chi connectivity index (χ3n) is 3.91. The first-order valence-corrected chi connectivity index (χ1v) is 9.63. The number of nitrogens with zero attached hydrogens (tertiary/aromatic N) is 1. The summed E-state index contributed by atoms with van der Waals surface area (Å²) in [6, 6.07) is 11.4. The van der Waals surface area contributed by atoms with Crippen molar-refractivity contribution in [3.05, 3.63) is 52.2 Å². The summed E-state index contributed by atoms with van der Waals surface area (Å²) >= 11 is 1.66. The van der Waals surface area contributed by atoms with E-state index in [9.17, 15) is 9.59 Å². The smallest absolute Gasteiger partial charge is 0.412 e. The van der Waals surface area contributed by atoms with Crippen molar-refractivity contribution in [1.29, 1.82) is 0 Å². The van der Waals surface area contributed by atoms with Gasteiger partial charge in [-0.1, -0.05) is 12.1 Å². The molecule has 138 valence electrons. The molecular formula is C20H24N2O3S. The molecule has 1 aliphatic carbocycles. The van der Waals surface area contributed by atoms with Gasteiger partial charge in [0.1, 0.15) is 5.60 Å². The molecule has 1 saturated carbocycles. The lowest BCUT2D eigenvalue weighted by atomic mass is 10.1. The highest BCUT2D eigenvalue weighted by Gasteiger charge is 2.33. The van der Waals surface area contributed by atoms with Crippen LogP contribution in [-0.2, 0) is 11.3 Å². The van der Waals surface area contributed by atoms with Crippen LogP contribution in [0, 0.1) is 0 Å². The Morgan fingerprint density at radius 3 is 2.62 bits per heavy atom. The lowest BCUT2D eigenvalue weighted by Crippen LogP contribution is -2.32. The van der Waals surface area contributed by atoms with Gasteiger partial charge >= 0.3 is 6.09 Å². The molecule has 3 rings (SSSR count). The highest BCUT2D eigenvalue weighted by Crippen LogP contribution is 2.31. The van der Waals surface area contributed by atoms with E-state index in [0.717, 1.165) is 12.8 Å². The first kappa shape index (κ1) is 18.5. The van der Waals surface area contributed by atoms with Crippen molar-refractivity contribution in [3.8, 4) is 0 Å². The molecule has 1 aromatic carbocycles.